The Bertz CT molecular complexity index is 764. The number of nitrogens with one attached hydrogen (secondary N) is 2. The van der Waals surface area contributed by atoms with E-state index in [0.29, 0.717) is 0 Å². The molecule has 25 heavy (non-hydrogen) atoms. The standard InChI is InChI=1S/C16H13F5N2OS/c1-9-5-6-13(24-14(17)18)12(7-9)23-15(25)22-11-4-2-3-10(8-11)16(19,20)21/h2-8,14H,1H3,(H2,22,23,25). The molecule has 3 nitrogen and oxygen atoms in total. The summed E-state index contributed by atoms with van der Waals surface area (Å²) in [6, 6.07) is 8.89. The molecule has 2 N–H and O–H groups in total. The van der Waals surface area contributed by atoms with Gasteiger partial charge < -0.3 is 15.4 Å². The van der Waals surface area contributed by atoms with E-state index in [1.165, 1.54) is 24.3 Å². The van der Waals surface area contributed by atoms with Gasteiger partial charge in [0.2, 0.25) is 0 Å². The van der Waals surface area contributed by atoms with Crippen LogP contribution in [-0.4, -0.2) is 11.7 Å². The Hall–Kier alpha value is -2.42. The van der Waals surface area contributed by atoms with Crippen LogP contribution in [0.25, 0.3) is 0 Å². The molecule has 2 aromatic carbocycles. The second-order valence-corrected chi connectivity index (χ2v) is 5.44. The molecule has 0 spiro atoms. The number of halogens is 5. The Kier molecular flexibility index (Phi) is 5.78. The summed E-state index contributed by atoms with van der Waals surface area (Å²) >= 11 is 5.02. The van der Waals surface area contributed by atoms with Gasteiger partial charge in [-0.2, -0.15) is 22.0 Å². The molecule has 0 saturated carbocycles. The number of thiocarbonyl (C=S) groups is 1. The van der Waals surface area contributed by atoms with Crippen molar-refractivity contribution in [2.45, 2.75) is 19.7 Å². The Morgan fingerprint density at radius 3 is 2.44 bits per heavy atom. The van der Waals surface area contributed by atoms with Crippen LogP contribution in [0.1, 0.15) is 11.1 Å². The quantitative estimate of drug-likeness (QED) is 0.551. The fourth-order valence-corrected chi connectivity index (χ4v) is 2.23. The molecule has 2 rings (SSSR count). The summed E-state index contributed by atoms with van der Waals surface area (Å²) in [6.07, 6.45) is -4.48. The van der Waals surface area contributed by atoms with Gasteiger partial charge in [-0.1, -0.05) is 12.1 Å². The average Bonchev–Trinajstić information content (AvgIpc) is 2.49. The van der Waals surface area contributed by atoms with Gasteiger partial charge in [-0.3, -0.25) is 0 Å². The molecule has 2 aromatic rings. The molecule has 0 aliphatic heterocycles. The first kappa shape index (κ1) is 18.9. The van der Waals surface area contributed by atoms with Crippen LogP contribution in [-0.2, 0) is 6.18 Å². The molecule has 0 radical (unpaired) electrons. The number of hydrogen-bond acceptors (Lipinski definition) is 2. The highest BCUT2D eigenvalue weighted by atomic mass is 32.1. The van der Waals surface area contributed by atoms with Gasteiger partial charge >= 0.3 is 12.8 Å². The van der Waals surface area contributed by atoms with Crippen LogP contribution >= 0.6 is 12.2 Å². The maximum atomic E-state index is 12.7. The molecule has 0 amide bonds. The van der Waals surface area contributed by atoms with Crippen LogP contribution in [0.2, 0.25) is 0 Å². The van der Waals surface area contributed by atoms with Crippen molar-refractivity contribution in [2.24, 2.45) is 0 Å². The van der Waals surface area contributed by atoms with Crippen molar-refractivity contribution in [1.82, 2.24) is 0 Å². The minimum absolute atomic E-state index is 0.0657. The molecule has 0 saturated heterocycles. The van der Waals surface area contributed by atoms with Crippen LogP contribution in [0.4, 0.5) is 33.3 Å². The van der Waals surface area contributed by atoms with Crippen LogP contribution < -0.4 is 15.4 Å². The average molecular weight is 376 g/mol. The van der Waals surface area contributed by atoms with E-state index in [1.807, 2.05) is 0 Å². The first-order valence-corrected chi connectivity index (χ1v) is 7.36. The molecule has 134 valence electrons. The van der Waals surface area contributed by atoms with Crippen molar-refractivity contribution in [3.05, 3.63) is 53.6 Å². The van der Waals surface area contributed by atoms with Gasteiger partial charge in [-0.05, 0) is 55.0 Å². The third-order valence-corrected chi connectivity index (χ3v) is 3.25. The maximum absolute atomic E-state index is 12.7. The highest BCUT2D eigenvalue weighted by molar-refractivity contribution is 7.80. The molecular weight excluding hydrogens is 363 g/mol. The number of aryl methyl sites for hydroxylation is 1. The van der Waals surface area contributed by atoms with Crippen molar-refractivity contribution >= 4 is 28.7 Å². The van der Waals surface area contributed by atoms with Gasteiger partial charge in [0.25, 0.3) is 0 Å². The van der Waals surface area contributed by atoms with E-state index >= 15 is 0 Å². The van der Waals surface area contributed by atoms with E-state index in [-0.39, 0.29) is 22.2 Å². The van der Waals surface area contributed by atoms with Crippen molar-refractivity contribution in [3.63, 3.8) is 0 Å². The van der Waals surface area contributed by atoms with E-state index in [1.54, 1.807) is 13.0 Å². The van der Waals surface area contributed by atoms with Gasteiger partial charge in [0.05, 0.1) is 11.3 Å². The smallest absolute Gasteiger partial charge is 0.416 e. The molecular formula is C16H13F5N2OS. The molecule has 9 heteroatoms. The number of anilines is 2. The van der Waals surface area contributed by atoms with E-state index in [4.69, 9.17) is 12.2 Å². The summed E-state index contributed by atoms with van der Waals surface area (Å²) in [7, 11) is 0. The third-order valence-electron chi connectivity index (χ3n) is 3.05. The number of benzene rings is 2. The van der Waals surface area contributed by atoms with Crippen molar-refractivity contribution in [2.75, 3.05) is 10.6 Å². The van der Waals surface area contributed by atoms with Gasteiger partial charge in [0.15, 0.2) is 5.11 Å². The number of alkyl halides is 5. The number of ether oxygens (including phenoxy) is 1. The lowest BCUT2D eigenvalue weighted by molar-refractivity contribution is -0.137. The normalized spacial score (nSPS) is 11.3. The van der Waals surface area contributed by atoms with Crippen molar-refractivity contribution in [3.8, 4) is 5.75 Å². The third kappa shape index (κ3) is 5.56. The summed E-state index contributed by atoms with van der Waals surface area (Å²) in [4.78, 5) is 0. The molecule has 0 aliphatic carbocycles. The predicted octanol–water partition coefficient (Wildman–Crippen LogP) is 5.42. The van der Waals surface area contributed by atoms with E-state index in [9.17, 15) is 22.0 Å². The van der Waals surface area contributed by atoms with E-state index in [2.05, 4.69) is 15.4 Å². The summed E-state index contributed by atoms with van der Waals surface area (Å²) in [5.41, 5.74) is 0.199. The number of rotatable bonds is 4. The lowest BCUT2D eigenvalue weighted by Gasteiger charge is -2.16. The summed E-state index contributed by atoms with van der Waals surface area (Å²) in [6.45, 7) is -1.28. The lowest BCUT2D eigenvalue weighted by atomic mass is 10.2. The van der Waals surface area contributed by atoms with E-state index in [0.717, 1.165) is 17.7 Å². The summed E-state index contributed by atoms with van der Waals surface area (Å²) in [5, 5.41) is 5.16. The Morgan fingerprint density at radius 2 is 1.80 bits per heavy atom. The molecule has 0 aliphatic rings. The first-order valence-electron chi connectivity index (χ1n) is 6.96. The molecule has 0 atom stereocenters. The topological polar surface area (TPSA) is 33.3 Å². The highest BCUT2D eigenvalue weighted by Gasteiger charge is 2.30. The maximum Gasteiger partial charge on any atom is 0.416 e. The van der Waals surface area contributed by atoms with Gasteiger partial charge in [0, 0.05) is 5.69 Å². The molecule has 0 fully saturated rings. The first-order chi connectivity index (χ1) is 11.6. The van der Waals surface area contributed by atoms with Gasteiger partial charge in [-0.15, -0.1) is 0 Å². The Labute approximate surface area is 145 Å². The highest BCUT2D eigenvalue weighted by Crippen LogP contribution is 2.31. The summed E-state index contributed by atoms with van der Waals surface area (Å²) in [5.74, 6) is -0.131. The monoisotopic (exact) mass is 376 g/mol. The van der Waals surface area contributed by atoms with Crippen LogP contribution in [0.5, 0.6) is 5.75 Å². The van der Waals surface area contributed by atoms with Crippen LogP contribution in [0.15, 0.2) is 42.5 Å². The molecule has 0 heterocycles. The number of hydrogen-bond donors (Lipinski definition) is 2. The second kappa shape index (κ2) is 7.64. The minimum Gasteiger partial charge on any atom is -0.433 e. The van der Waals surface area contributed by atoms with Crippen molar-refractivity contribution < 1.29 is 26.7 Å². The van der Waals surface area contributed by atoms with Crippen LogP contribution in [0, 0.1) is 6.92 Å². The zero-order chi connectivity index (χ0) is 18.6. The fourth-order valence-electron chi connectivity index (χ4n) is 2.00. The Balaban J connectivity index is 2.14. The van der Waals surface area contributed by atoms with Crippen molar-refractivity contribution in [1.29, 1.82) is 0 Å². The predicted molar refractivity (Wildman–Crippen MR) is 89.1 cm³/mol. The van der Waals surface area contributed by atoms with E-state index < -0.39 is 18.4 Å². The lowest BCUT2D eigenvalue weighted by Crippen LogP contribution is -2.20. The molecule has 0 unspecified atom stereocenters. The second-order valence-electron chi connectivity index (χ2n) is 5.04. The molecule has 0 bridgehead atoms. The van der Waals surface area contributed by atoms with Gasteiger partial charge in [-0.25, -0.2) is 0 Å². The molecule has 0 aromatic heterocycles. The largest absolute Gasteiger partial charge is 0.433 e. The van der Waals surface area contributed by atoms with Crippen LogP contribution in [0.3, 0.4) is 0 Å². The fraction of sp³-hybridized carbons (Fsp3) is 0.188. The zero-order valence-electron chi connectivity index (χ0n) is 12.8. The summed E-state index contributed by atoms with van der Waals surface area (Å²) < 4.78 is 67.4. The minimum atomic E-state index is -4.48. The SMILES string of the molecule is Cc1ccc(OC(F)F)c(NC(=S)Nc2cccc(C(F)(F)F)c2)c1. The Morgan fingerprint density at radius 1 is 1.08 bits per heavy atom. The van der Waals surface area contributed by atoms with Gasteiger partial charge in [0.1, 0.15) is 5.75 Å². The zero-order valence-corrected chi connectivity index (χ0v) is 13.6.